The summed E-state index contributed by atoms with van der Waals surface area (Å²) in [5, 5.41) is 8.79. The van der Waals surface area contributed by atoms with E-state index in [2.05, 4.69) is 26.0 Å². The highest BCUT2D eigenvalue weighted by Gasteiger charge is 2.32. The highest BCUT2D eigenvalue weighted by atomic mass is 16.5. The van der Waals surface area contributed by atoms with Crippen LogP contribution < -0.4 is 4.74 Å². The number of aliphatic hydroxyl groups excluding tert-OH is 1. The molecule has 1 aromatic carbocycles. The summed E-state index contributed by atoms with van der Waals surface area (Å²) >= 11 is 0. The highest BCUT2D eigenvalue weighted by molar-refractivity contribution is 5.73. The van der Waals surface area contributed by atoms with E-state index in [1.807, 2.05) is 0 Å². The molecule has 2 rings (SSSR count). The van der Waals surface area contributed by atoms with E-state index in [1.54, 1.807) is 7.11 Å². The summed E-state index contributed by atoms with van der Waals surface area (Å²) in [5.74, 6) is 0.686. The van der Waals surface area contributed by atoms with Gasteiger partial charge >= 0.3 is 5.97 Å². The second-order valence-electron chi connectivity index (χ2n) is 6.93. The van der Waals surface area contributed by atoms with Crippen molar-refractivity contribution in [3.05, 3.63) is 28.8 Å². The molecule has 0 atom stereocenters. The van der Waals surface area contributed by atoms with Crippen LogP contribution in [0.25, 0.3) is 0 Å². The fourth-order valence-corrected chi connectivity index (χ4v) is 3.79. The maximum Gasteiger partial charge on any atom is 0.310 e. The Morgan fingerprint density at radius 2 is 1.96 bits per heavy atom. The zero-order valence-corrected chi connectivity index (χ0v) is 15.2. The first-order valence-corrected chi connectivity index (χ1v) is 9.01. The van der Waals surface area contributed by atoms with E-state index < -0.39 is 0 Å². The lowest BCUT2D eigenvalue weighted by atomic mass is 9.70. The van der Waals surface area contributed by atoms with Crippen molar-refractivity contribution in [1.82, 2.24) is 0 Å². The molecule has 0 amide bonds. The average molecular weight is 334 g/mol. The molecule has 1 aromatic rings. The van der Waals surface area contributed by atoms with Gasteiger partial charge in [-0.05, 0) is 35.8 Å². The van der Waals surface area contributed by atoms with Gasteiger partial charge < -0.3 is 14.6 Å². The number of hydrogen-bond donors (Lipinski definition) is 1. The molecular formula is C20H30O4. The highest BCUT2D eigenvalue weighted by Crippen LogP contribution is 2.44. The number of carbonyl (C=O) groups is 1. The lowest BCUT2D eigenvalue weighted by molar-refractivity contribution is -0.143. The molecule has 4 nitrogen and oxygen atoms in total. The topological polar surface area (TPSA) is 55.8 Å². The van der Waals surface area contributed by atoms with Crippen LogP contribution in [0.3, 0.4) is 0 Å². The minimum atomic E-state index is -0.295. The summed E-state index contributed by atoms with van der Waals surface area (Å²) in [4.78, 5) is 11.9. The van der Waals surface area contributed by atoms with Gasteiger partial charge in [0.15, 0.2) is 0 Å². The Bertz CT molecular complexity index is 559. The number of carbonyl (C=O) groups excluding carboxylic acids is 1. The van der Waals surface area contributed by atoms with Crippen LogP contribution in [0.1, 0.15) is 62.6 Å². The molecule has 1 aliphatic rings. The minimum absolute atomic E-state index is 0.0557. The summed E-state index contributed by atoms with van der Waals surface area (Å²) in [7, 11) is 1.74. The number of rotatable bonds is 7. The van der Waals surface area contributed by atoms with Crippen LogP contribution in [0.2, 0.25) is 0 Å². The predicted octanol–water partition coefficient (Wildman–Crippen LogP) is 3.56. The number of hydrogen-bond acceptors (Lipinski definition) is 4. The number of ether oxygens (including phenoxy) is 2. The van der Waals surface area contributed by atoms with Gasteiger partial charge in [-0.2, -0.15) is 0 Å². The molecule has 1 fully saturated rings. The van der Waals surface area contributed by atoms with Crippen molar-refractivity contribution < 1.29 is 19.4 Å². The average Bonchev–Trinajstić information content (AvgIpc) is 2.59. The van der Waals surface area contributed by atoms with Gasteiger partial charge in [0.1, 0.15) is 12.4 Å². The van der Waals surface area contributed by atoms with Gasteiger partial charge in [0, 0.05) is 5.56 Å². The molecule has 4 heteroatoms. The Kier molecular flexibility index (Phi) is 6.67. The molecule has 1 N–H and O–H groups in total. The quantitative estimate of drug-likeness (QED) is 0.775. The van der Waals surface area contributed by atoms with Gasteiger partial charge in [0.2, 0.25) is 0 Å². The second kappa shape index (κ2) is 8.52. The van der Waals surface area contributed by atoms with Crippen LogP contribution in [0.4, 0.5) is 0 Å². The summed E-state index contributed by atoms with van der Waals surface area (Å²) in [6.45, 7) is 4.34. The van der Waals surface area contributed by atoms with Crippen molar-refractivity contribution in [2.75, 3.05) is 20.3 Å². The Labute approximate surface area is 145 Å². The molecule has 0 spiro atoms. The Hall–Kier alpha value is -1.55. The van der Waals surface area contributed by atoms with E-state index in [1.165, 1.54) is 24.8 Å². The van der Waals surface area contributed by atoms with Crippen LogP contribution in [-0.4, -0.2) is 31.4 Å². The number of aryl methyl sites for hydroxylation is 1. The molecule has 134 valence electrons. The molecule has 0 unspecified atom stereocenters. The Balaban J connectivity index is 2.36. The molecule has 1 aliphatic carbocycles. The van der Waals surface area contributed by atoms with Crippen molar-refractivity contribution in [3.63, 3.8) is 0 Å². The van der Waals surface area contributed by atoms with Crippen molar-refractivity contribution in [3.8, 4) is 5.75 Å². The van der Waals surface area contributed by atoms with Gasteiger partial charge in [-0.25, -0.2) is 0 Å². The maximum atomic E-state index is 11.9. The van der Waals surface area contributed by atoms with E-state index in [4.69, 9.17) is 14.6 Å². The second-order valence-corrected chi connectivity index (χ2v) is 6.93. The smallest absolute Gasteiger partial charge is 0.310 e. The van der Waals surface area contributed by atoms with E-state index >= 15 is 0 Å². The van der Waals surface area contributed by atoms with Gasteiger partial charge in [0.25, 0.3) is 0 Å². The van der Waals surface area contributed by atoms with E-state index in [9.17, 15) is 4.79 Å². The molecule has 0 aromatic heterocycles. The summed E-state index contributed by atoms with van der Waals surface area (Å²) in [6, 6.07) is 4.18. The Morgan fingerprint density at radius 3 is 2.54 bits per heavy atom. The molecule has 24 heavy (non-hydrogen) atoms. The van der Waals surface area contributed by atoms with Crippen LogP contribution in [0.15, 0.2) is 12.1 Å². The fraction of sp³-hybridized carbons (Fsp3) is 0.650. The lowest BCUT2D eigenvalue weighted by Crippen LogP contribution is -2.26. The number of methoxy groups -OCH3 is 1. The SMILES string of the molecule is CCc1cc(CC(=O)OCCO)cc(C2(C)CCCCC2)c1OC. The zero-order chi connectivity index (χ0) is 17.6. The van der Waals surface area contributed by atoms with Gasteiger partial charge in [0.05, 0.1) is 20.1 Å². The first-order valence-electron chi connectivity index (χ1n) is 9.01. The molecule has 0 radical (unpaired) electrons. The summed E-state index contributed by atoms with van der Waals surface area (Å²) in [5.41, 5.74) is 3.46. The minimum Gasteiger partial charge on any atom is -0.496 e. The normalized spacial score (nSPS) is 16.7. The van der Waals surface area contributed by atoms with E-state index in [0.29, 0.717) is 0 Å². The molecule has 0 heterocycles. The van der Waals surface area contributed by atoms with Crippen LogP contribution >= 0.6 is 0 Å². The standard InChI is InChI=1S/C20H30O4/c1-4-16-12-15(14-18(22)24-11-10-21)13-17(19(16)23-3)20(2)8-6-5-7-9-20/h12-13,21H,4-11,14H2,1-3H3. The Morgan fingerprint density at radius 1 is 1.25 bits per heavy atom. The molecule has 0 aliphatic heterocycles. The third-order valence-electron chi connectivity index (χ3n) is 5.12. The third-order valence-corrected chi connectivity index (χ3v) is 5.12. The van der Waals surface area contributed by atoms with E-state index in [-0.39, 0.29) is 31.0 Å². The summed E-state index contributed by atoms with van der Waals surface area (Å²) in [6.07, 6.45) is 7.20. The molecule has 1 saturated carbocycles. The summed E-state index contributed by atoms with van der Waals surface area (Å²) < 4.78 is 10.8. The number of esters is 1. The van der Waals surface area contributed by atoms with Gasteiger partial charge in [-0.1, -0.05) is 45.2 Å². The van der Waals surface area contributed by atoms with E-state index in [0.717, 1.165) is 36.1 Å². The van der Waals surface area contributed by atoms with Crippen molar-refractivity contribution in [2.24, 2.45) is 0 Å². The first-order chi connectivity index (χ1) is 11.5. The largest absolute Gasteiger partial charge is 0.496 e. The fourth-order valence-electron chi connectivity index (χ4n) is 3.79. The number of benzene rings is 1. The van der Waals surface area contributed by atoms with Crippen molar-refractivity contribution in [2.45, 2.75) is 64.2 Å². The molecular weight excluding hydrogens is 304 g/mol. The van der Waals surface area contributed by atoms with Gasteiger partial charge in [-0.3, -0.25) is 4.79 Å². The number of aliphatic hydroxyl groups is 1. The monoisotopic (exact) mass is 334 g/mol. The van der Waals surface area contributed by atoms with Crippen molar-refractivity contribution >= 4 is 5.97 Å². The predicted molar refractivity (Wildman–Crippen MR) is 94.6 cm³/mol. The lowest BCUT2D eigenvalue weighted by Gasteiger charge is -2.36. The molecule has 0 bridgehead atoms. The third kappa shape index (κ3) is 4.29. The van der Waals surface area contributed by atoms with Crippen LogP contribution in [0, 0.1) is 0 Å². The maximum absolute atomic E-state index is 11.9. The van der Waals surface area contributed by atoms with Crippen molar-refractivity contribution in [1.29, 1.82) is 0 Å². The van der Waals surface area contributed by atoms with Gasteiger partial charge in [-0.15, -0.1) is 0 Å². The van der Waals surface area contributed by atoms with Crippen LogP contribution in [0.5, 0.6) is 5.75 Å². The first kappa shape index (κ1) is 18.8. The zero-order valence-electron chi connectivity index (χ0n) is 15.2. The molecule has 0 saturated heterocycles. The van der Waals surface area contributed by atoms with Crippen LogP contribution in [-0.2, 0) is 27.8 Å².